The maximum absolute atomic E-state index is 13.5. The zero-order valence-electron chi connectivity index (χ0n) is 11.4. The summed E-state index contributed by atoms with van der Waals surface area (Å²) in [6.07, 6.45) is 0. The number of halogens is 2. The minimum Gasteiger partial charge on any atom is -0.508 e. The van der Waals surface area contributed by atoms with Gasteiger partial charge in [0.1, 0.15) is 11.4 Å². The summed E-state index contributed by atoms with van der Waals surface area (Å²) in [5, 5.41) is 17.3. The second-order valence-electron chi connectivity index (χ2n) is 4.65. The third-order valence-corrected chi connectivity index (χ3v) is 3.22. The van der Waals surface area contributed by atoms with Crippen molar-refractivity contribution >= 4 is 0 Å². The van der Waals surface area contributed by atoms with Gasteiger partial charge in [0.2, 0.25) is 0 Å². The summed E-state index contributed by atoms with van der Waals surface area (Å²) in [5.74, 6) is -1.78. The summed E-state index contributed by atoms with van der Waals surface area (Å²) in [6, 6.07) is 9.81. The molecule has 0 aliphatic carbocycles. The van der Waals surface area contributed by atoms with E-state index in [1.54, 1.807) is 12.1 Å². The Morgan fingerprint density at radius 2 is 1.77 bits per heavy atom. The molecular formula is C15H12F2N4O. The number of aromatic nitrogens is 3. The molecule has 0 aliphatic heterocycles. The van der Waals surface area contributed by atoms with E-state index in [1.165, 1.54) is 22.9 Å². The summed E-state index contributed by atoms with van der Waals surface area (Å²) >= 11 is 0. The van der Waals surface area contributed by atoms with Gasteiger partial charge in [-0.3, -0.25) is 0 Å². The quantitative estimate of drug-likeness (QED) is 0.778. The summed E-state index contributed by atoms with van der Waals surface area (Å²) in [4.78, 5) is 0. The van der Waals surface area contributed by atoms with Crippen LogP contribution >= 0.6 is 0 Å². The van der Waals surface area contributed by atoms with E-state index in [-0.39, 0.29) is 12.3 Å². The topological polar surface area (TPSA) is 77.0 Å². The van der Waals surface area contributed by atoms with Gasteiger partial charge < -0.3 is 10.8 Å². The predicted octanol–water partition coefficient (Wildman–Crippen LogP) is 2.38. The molecule has 0 bridgehead atoms. The lowest BCUT2D eigenvalue weighted by Crippen LogP contribution is -2.03. The smallest absolute Gasteiger partial charge is 0.159 e. The van der Waals surface area contributed by atoms with E-state index in [1.807, 2.05) is 0 Å². The molecule has 3 rings (SSSR count). The van der Waals surface area contributed by atoms with Crippen LogP contribution in [-0.2, 0) is 6.54 Å². The Morgan fingerprint density at radius 1 is 1.05 bits per heavy atom. The fourth-order valence-corrected chi connectivity index (χ4v) is 2.16. The Hall–Kier alpha value is -2.80. The van der Waals surface area contributed by atoms with E-state index < -0.39 is 11.6 Å². The molecule has 3 aromatic rings. The van der Waals surface area contributed by atoms with Crippen molar-refractivity contribution in [2.45, 2.75) is 6.54 Å². The van der Waals surface area contributed by atoms with E-state index in [2.05, 4.69) is 10.3 Å². The van der Waals surface area contributed by atoms with Crippen molar-refractivity contribution in [3.63, 3.8) is 0 Å². The Labute approximate surface area is 124 Å². The Bertz CT molecular complexity index is 815. The predicted molar refractivity (Wildman–Crippen MR) is 76.3 cm³/mol. The van der Waals surface area contributed by atoms with Crippen LogP contribution in [0.5, 0.6) is 5.75 Å². The molecule has 112 valence electrons. The normalized spacial score (nSPS) is 10.9. The summed E-state index contributed by atoms with van der Waals surface area (Å²) < 4.78 is 28.1. The van der Waals surface area contributed by atoms with Crippen molar-refractivity contribution in [2.75, 3.05) is 0 Å². The molecule has 1 heterocycles. The van der Waals surface area contributed by atoms with Crippen molar-refractivity contribution in [1.29, 1.82) is 0 Å². The monoisotopic (exact) mass is 302 g/mol. The Morgan fingerprint density at radius 3 is 2.41 bits per heavy atom. The standard InChI is InChI=1S/C15H12F2N4O/c16-12-6-1-9(7-13(12)17)15-14(8-18)19-20-21(15)10-2-4-11(22)5-3-10/h1-7,22H,8,18H2. The second-order valence-corrected chi connectivity index (χ2v) is 4.65. The third-order valence-electron chi connectivity index (χ3n) is 3.22. The van der Waals surface area contributed by atoms with Crippen molar-refractivity contribution in [2.24, 2.45) is 5.73 Å². The van der Waals surface area contributed by atoms with Crippen molar-refractivity contribution in [3.05, 3.63) is 59.8 Å². The molecule has 7 heteroatoms. The first kappa shape index (κ1) is 14.2. The number of rotatable bonds is 3. The Balaban J connectivity index is 2.19. The van der Waals surface area contributed by atoms with Crippen molar-refractivity contribution in [1.82, 2.24) is 15.0 Å². The zero-order chi connectivity index (χ0) is 15.7. The van der Waals surface area contributed by atoms with Gasteiger partial charge in [0, 0.05) is 12.1 Å². The first-order valence-corrected chi connectivity index (χ1v) is 6.49. The van der Waals surface area contributed by atoms with Crippen LogP contribution < -0.4 is 5.73 Å². The number of benzene rings is 2. The van der Waals surface area contributed by atoms with Crippen molar-refractivity contribution < 1.29 is 13.9 Å². The van der Waals surface area contributed by atoms with E-state index in [4.69, 9.17) is 5.73 Å². The van der Waals surface area contributed by atoms with Crippen LogP contribution in [0.3, 0.4) is 0 Å². The maximum atomic E-state index is 13.5. The largest absolute Gasteiger partial charge is 0.508 e. The van der Waals surface area contributed by atoms with Gasteiger partial charge in [-0.05, 0) is 42.5 Å². The molecule has 0 unspecified atom stereocenters. The van der Waals surface area contributed by atoms with Crippen LogP contribution in [0.2, 0.25) is 0 Å². The van der Waals surface area contributed by atoms with Gasteiger partial charge in [-0.15, -0.1) is 5.10 Å². The van der Waals surface area contributed by atoms with Gasteiger partial charge >= 0.3 is 0 Å². The van der Waals surface area contributed by atoms with Crippen molar-refractivity contribution in [3.8, 4) is 22.7 Å². The van der Waals surface area contributed by atoms with Crippen LogP contribution in [0.15, 0.2) is 42.5 Å². The van der Waals surface area contributed by atoms with Crippen LogP contribution in [0, 0.1) is 11.6 Å². The number of nitrogens with two attached hydrogens (primary N) is 1. The number of phenolic OH excluding ortho intramolecular Hbond substituents is 1. The second kappa shape index (κ2) is 5.53. The lowest BCUT2D eigenvalue weighted by Gasteiger charge is -2.08. The van der Waals surface area contributed by atoms with Crippen LogP contribution in [0.1, 0.15) is 5.69 Å². The summed E-state index contributed by atoms with van der Waals surface area (Å²) in [5.41, 5.74) is 7.61. The molecule has 2 aromatic carbocycles. The van der Waals surface area contributed by atoms with Crippen LogP contribution in [-0.4, -0.2) is 20.1 Å². The molecular weight excluding hydrogens is 290 g/mol. The number of phenols is 1. The van der Waals surface area contributed by atoms with Crippen LogP contribution in [0.25, 0.3) is 16.9 Å². The minimum absolute atomic E-state index is 0.104. The molecule has 0 spiro atoms. The molecule has 5 nitrogen and oxygen atoms in total. The summed E-state index contributed by atoms with van der Waals surface area (Å²) in [7, 11) is 0. The minimum atomic E-state index is -0.959. The third kappa shape index (κ3) is 2.42. The molecule has 3 N–H and O–H groups in total. The molecule has 0 fully saturated rings. The van der Waals surface area contributed by atoms with Gasteiger partial charge in [-0.2, -0.15) is 0 Å². The Kier molecular flexibility index (Phi) is 3.56. The molecule has 0 saturated heterocycles. The highest BCUT2D eigenvalue weighted by Crippen LogP contribution is 2.27. The van der Waals surface area contributed by atoms with Gasteiger partial charge in [-0.25, -0.2) is 13.5 Å². The maximum Gasteiger partial charge on any atom is 0.159 e. The molecule has 0 saturated carbocycles. The van der Waals surface area contributed by atoms with E-state index in [9.17, 15) is 13.9 Å². The lowest BCUT2D eigenvalue weighted by molar-refractivity contribution is 0.475. The van der Waals surface area contributed by atoms with Gasteiger partial charge in [0.05, 0.1) is 11.4 Å². The first-order chi connectivity index (χ1) is 10.6. The van der Waals surface area contributed by atoms with Gasteiger partial charge in [0.15, 0.2) is 11.6 Å². The number of hydrogen-bond acceptors (Lipinski definition) is 4. The average molecular weight is 302 g/mol. The number of nitrogens with zero attached hydrogens (tertiary/aromatic N) is 3. The highest BCUT2D eigenvalue weighted by molar-refractivity contribution is 5.64. The van der Waals surface area contributed by atoms with Gasteiger partial charge in [0.25, 0.3) is 0 Å². The fraction of sp³-hybridized carbons (Fsp3) is 0.0667. The van der Waals surface area contributed by atoms with E-state index >= 15 is 0 Å². The fourth-order valence-electron chi connectivity index (χ4n) is 2.16. The van der Waals surface area contributed by atoms with E-state index in [0.717, 1.165) is 12.1 Å². The van der Waals surface area contributed by atoms with Gasteiger partial charge in [-0.1, -0.05) is 5.21 Å². The summed E-state index contributed by atoms with van der Waals surface area (Å²) in [6.45, 7) is 0.104. The molecule has 1 aromatic heterocycles. The molecule has 0 amide bonds. The van der Waals surface area contributed by atoms with E-state index in [0.29, 0.717) is 22.6 Å². The highest BCUT2D eigenvalue weighted by Gasteiger charge is 2.17. The number of aromatic hydroxyl groups is 1. The molecule has 0 atom stereocenters. The average Bonchev–Trinajstić information content (AvgIpc) is 2.94. The number of hydrogen-bond donors (Lipinski definition) is 2. The first-order valence-electron chi connectivity index (χ1n) is 6.49. The molecule has 22 heavy (non-hydrogen) atoms. The zero-order valence-corrected chi connectivity index (χ0v) is 11.4. The molecule has 0 radical (unpaired) electrons. The van der Waals surface area contributed by atoms with Crippen LogP contribution in [0.4, 0.5) is 8.78 Å². The molecule has 0 aliphatic rings. The lowest BCUT2D eigenvalue weighted by atomic mass is 10.1. The SMILES string of the molecule is NCc1nnn(-c2ccc(O)cc2)c1-c1ccc(F)c(F)c1. The highest BCUT2D eigenvalue weighted by atomic mass is 19.2.